The van der Waals surface area contributed by atoms with Gasteiger partial charge in [-0.3, -0.25) is 4.79 Å². The lowest BCUT2D eigenvalue weighted by Crippen LogP contribution is -2.46. The van der Waals surface area contributed by atoms with Crippen molar-refractivity contribution in [2.75, 3.05) is 50.1 Å². The molecule has 2 aromatic carbocycles. The number of ether oxygens (including phenoxy) is 1. The Labute approximate surface area is 171 Å². The van der Waals surface area contributed by atoms with Gasteiger partial charge in [0.25, 0.3) is 0 Å². The fourth-order valence-electron chi connectivity index (χ4n) is 3.29. The van der Waals surface area contributed by atoms with Crippen LogP contribution in [-0.2, 0) is 4.79 Å². The SMILES string of the molecule is CCN1CCN(c2c(Cl)cccc2NC(=O)/C=C/c2ccc(OC)cc2)CC1. The highest BCUT2D eigenvalue weighted by Gasteiger charge is 2.21. The summed E-state index contributed by atoms with van der Waals surface area (Å²) < 4.78 is 5.15. The first-order valence-electron chi connectivity index (χ1n) is 9.49. The number of likely N-dealkylation sites (N-methyl/N-ethyl adjacent to an activating group) is 1. The lowest BCUT2D eigenvalue weighted by atomic mass is 10.2. The second-order valence-corrected chi connectivity index (χ2v) is 7.06. The molecule has 1 amide bonds. The number of anilines is 2. The molecule has 148 valence electrons. The highest BCUT2D eigenvalue weighted by molar-refractivity contribution is 6.34. The molecule has 1 N–H and O–H groups in total. The van der Waals surface area contributed by atoms with Gasteiger partial charge in [0.05, 0.1) is 23.5 Å². The Morgan fingerprint density at radius 3 is 2.50 bits per heavy atom. The summed E-state index contributed by atoms with van der Waals surface area (Å²) in [4.78, 5) is 17.1. The number of hydrogen-bond donors (Lipinski definition) is 1. The zero-order chi connectivity index (χ0) is 19.9. The van der Waals surface area contributed by atoms with Crippen molar-refractivity contribution >= 4 is 35.0 Å². The molecule has 0 saturated carbocycles. The first-order valence-corrected chi connectivity index (χ1v) is 9.87. The molecule has 1 heterocycles. The number of piperazine rings is 1. The number of para-hydroxylation sites is 1. The van der Waals surface area contributed by atoms with Gasteiger partial charge in [0, 0.05) is 32.3 Å². The molecule has 2 aromatic rings. The molecular weight excluding hydrogens is 374 g/mol. The molecule has 0 aliphatic carbocycles. The Hall–Kier alpha value is -2.50. The van der Waals surface area contributed by atoms with Crippen molar-refractivity contribution in [3.05, 3.63) is 59.1 Å². The zero-order valence-corrected chi connectivity index (χ0v) is 17.1. The van der Waals surface area contributed by atoms with Gasteiger partial charge in [-0.25, -0.2) is 0 Å². The zero-order valence-electron chi connectivity index (χ0n) is 16.3. The van der Waals surface area contributed by atoms with Crippen molar-refractivity contribution < 1.29 is 9.53 Å². The van der Waals surface area contributed by atoms with Crippen LogP contribution >= 0.6 is 11.6 Å². The van der Waals surface area contributed by atoms with Crippen LogP contribution in [0.15, 0.2) is 48.5 Å². The van der Waals surface area contributed by atoms with Crippen LogP contribution in [0.1, 0.15) is 12.5 Å². The standard InChI is InChI=1S/C22H26ClN3O2/c1-3-25-13-15-26(16-14-25)22-19(23)5-4-6-20(22)24-21(27)12-9-17-7-10-18(28-2)11-8-17/h4-12H,3,13-16H2,1-2H3,(H,24,27)/b12-9+. The van der Waals surface area contributed by atoms with Crippen molar-refractivity contribution in [2.45, 2.75) is 6.92 Å². The van der Waals surface area contributed by atoms with Crippen molar-refractivity contribution in [3.8, 4) is 5.75 Å². The number of nitrogens with one attached hydrogen (secondary N) is 1. The van der Waals surface area contributed by atoms with Crippen LogP contribution in [0.5, 0.6) is 5.75 Å². The Balaban J connectivity index is 1.70. The summed E-state index contributed by atoms with van der Waals surface area (Å²) in [5, 5.41) is 3.63. The minimum Gasteiger partial charge on any atom is -0.497 e. The summed E-state index contributed by atoms with van der Waals surface area (Å²) in [5.41, 5.74) is 2.56. The van der Waals surface area contributed by atoms with Crippen LogP contribution in [0, 0.1) is 0 Å². The molecule has 0 spiro atoms. The van der Waals surface area contributed by atoms with E-state index < -0.39 is 0 Å². The second-order valence-electron chi connectivity index (χ2n) is 6.65. The van der Waals surface area contributed by atoms with Gasteiger partial charge in [0.1, 0.15) is 5.75 Å². The number of nitrogens with zero attached hydrogens (tertiary/aromatic N) is 2. The van der Waals surface area contributed by atoms with Crippen LogP contribution in [0.3, 0.4) is 0 Å². The van der Waals surface area contributed by atoms with E-state index in [1.54, 1.807) is 13.2 Å². The van der Waals surface area contributed by atoms with Crippen molar-refractivity contribution in [1.29, 1.82) is 0 Å². The van der Waals surface area contributed by atoms with Crippen LogP contribution in [0.4, 0.5) is 11.4 Å². The van der Waals surface area contributed by atoms with Crippen molar-refractivity contribution in [1.82, 2.24) is 4.90 Å². The predicted molar refractivity (Wildman–Crippen MR) is 116 cm³/mol. The maximum Gasteiger partial charge on any atom is 0.248 e. The van der Waals surface area contributed by atoms with E-state index >= 15 is 0 Å². The molecule has 0 unspecified atom stereocenters. The van der Waals surface area contributed by atoms with E-state index in [2.05, 4.69) is 22.0 Å². The van der Waals surface area contributed by atoms with E-state index in [0.717, 1.165) is 55.4 Å². The maximum atomic E-state index is 12.5. The molecular formula is C22H26ClN3O2. The van der Waals surface area contributed by atoms with Gasteiger partial charge in [0.2, 0.25) is 5.91 Å². The quantitative estimate of drug-likeness (QED) is 0.741. The molecule has 0 aromatic heterocycles. The van der Waals surface area contributed by atoms with Gasteiger partial charge in [-0.1, -0.05) is 36.7 Å². The molecule has 0 bridgehead atoms. The molecule has 28 heavy (non-hydrogen) atoms. The summed E-state index contributed by atoms with van der Waals surface area (Å²) in [5.74, 6) is 0.597. The highest BCUT2D eigenvalue weighted by atomic mass is 35.5. The third-order valence-electron chi connectivity index (χ3n) is 4.92. The number of hydrogen-bond acceptors (Lipinski definition) is 4. The van der Waals surface area contributed by atoms with Gasteiger partial charge in [-0.15, -0.1) is 0 Å². The monoisotopic (exact) mass is 399 g/mol. The van der Waals surface area contributed by atoms with Crippen LogP contribution in [-0.4, -0.2) is 50.6 Å². The van der Waals surface area contributed by atoms with E-state index in [4.69, 9.17) is 16.3 Å². The molecule has 0 radical (unpaired) electrons. The smallest absolute Gasteiger partial charge is 0.248 e. The largest absolute Gasteiger partial charge is 0.497 e. The average Bonchev–Trinajstić information content (AvgIpc) is 2.73. The minimum absolute atomic E-state index is 0.188. The van der Waals surface area contributed by atoms with Gasteiger partial charge in [-0.2, -0.15) is 0 Å². The maximum absolute atomic E-state index is 12.5. The molecule has 5 nitrogen and oxygen atoms in total. The van der Waals surface area contributed by atoms with Crippen LogP contribution in [0.2, 0.25) is 5.02 Å². The summed E-state index contributed by atoms with van der Waals surface area (Å²) in [7, 11) is 1.63. The van der Waals surface area contributed by atoms with Gasteiger partial charge < -0.3 is 19.9 Å². The number of halogens is 1. The number of carbonyl (C=O) groups excluding carboxylic acids is 1. The summed E-state index contributed by atoms with van der Waals surface area (Å²) >= 11 is 6.48. The molecule has 1 aliphatic rings. The van der Waals surface area contributed by atoms with E-state index in [0.29, 0.717) is 5.02 Å². The second kappa shape index (κ2) is 9.62. The number of methoxy groups -OCH3 is 1. The Morgan fingerprint density at radius 2 is 1.86 bits per heavy atom. The number of benzene rings is 2. The van der Waals surface area contributed by atoms with Gasteiger partial charge in [0.15, 0.2) is 0 Å². The summed E-state index contributed by atoms with van der Waals surface area (Å²) in [6, 6.07) is 13.2. The molecule has 6 heteroatoms. The molecule has 0 atom stereocenters. The van der Waals surface area contributed by atoms with E-state index in [1.807, 2.05) is 42.5 Å². The van der Waals surface area contributed by atoms with E-state index in [1.165, 1.54) is 6.08 Å². The number of amides is 1. The first kappa shape index (κ1) is 20.2. The number of rotatable bonds is 6. The molecule has 3 rings (SSSR count). The first-order chi connectivity index (χ1) is 13.6. The number of carbonyl (C=O) groups is 1. The molecule has 1 fully saturated rings. The fourth-order valence-corrected chi connectivity index (χ4v) is 3.58. The van der Waals surface area contributed by atoms with Gasteiger partial charge in [-0.05, 0) is 42.4 Å². The highest BCUT2D eigenvalue weighted by Crippen LogP contribution is 2.34. The predicted octanol–water partition coefficient (Wildman–Crippen LogP) is 4.14. The fraction of sp³-hybridized carbons (Fsp3) is 0.318. The lowest BCUT2D eigenvalue weighted by molar-refractivity contribution is -0.111. The Kier molecular flexibility index (Phi) is 6.95. The third-order valence-corrected chi connectivity index (χ3v) is 5.23. The van der Waals surface area contributed by atoms with E-state index in [9.17, 15) is 4.79 Å². The average molecular weight is 400 g/mol. The van der Waals surface area contributed by atoms with Crippen LogP contribution < -0.4 is 15.0 Å². The lowest BCUT2D eigenvalue weighted by Gasteiger charge is -2.36. The van der Waals surface area contributed by atoms with E-state index in [-0.39, 0.29) is 5.91 Å². The topological polar surface area (TPSA) is 44.8 Å². The van der Waals surface area contributed by atoms with Crippen molar-refractivity contribution in [2.24, 2.45) is 0 Å². The Morgan fingerprint density at radius 1 is 1.14 bits per heavy atom. The summed E-state index contributed by atoms with van der Waals surface area (Å²) in [6.07, 6.45) is 3.31. The van der Waals surface area contributed by atoms with Gasteiger partial charge >= 0.3 is 0 Å². The minimum atomic E-state index is -0.188. The van der Waals surface area contributed by atoms with Crippen molar-refractivity contribution in [3.63, 3.8) is 0 Å². The normalized spacial score (nSPS) is 15.0. The molecule has 1 saturated heterocycles. The van der Waals surface area contributed by atoms with Crippen LogP contribution in [0.25, 0.3) is 6.08 Å². The summed E-state index contributed by atoms with van der Waals surface area (Å²) in [6.45, 7) is 6.99. The molecule has 1 aliphatic heterocycles. The Bertz CT molecular complexity index is 828. The third kappa shape index (κ3) is 5.06.